The summed E-state index contributed by atoms with van der Waals surface area (Å²) in [5.74, 6) is 0. The van der Waals surface area contributed by atoms with Crippen molar-refractivity contribution in [3.63, 3.8) is 0 Å². The summed E-state index contributed by atoms with van der Waals surface area (Å²) in [7, 11) is -1.19. The lowest BCUT2D eigenvalue weighted by atomic mass is 10.0. The van der Waals surface area contributed by atoms with Gasteiger partial charge in [0.15, 0.2) is 0 Å². The molecule has 0 radical (unpaired) electrons. The molecule has 0 fully saturated rings. The second kappa shape index (κ2) is 9.01. The van der Waals surface area contributed by atoms with Crippen LogP contribution in [0.3, 0.4) is 0 Å². The number of hydrogen-bond acceptors (Lipinski definition) is 2. The third-order valence-electron chi connectivity index (χ3n) is 5.08. The van der Waals surface area contributed by atoms with Gasteiger partial charge in [-0.3, -0.25) is 0 Å². The molecule has 0 aliphatic heterocycles. The Morgan fingerprint density at radius 1 is 0.517 bits per heavy atom. The normalized spacial score (nSPS) is 11.5. The van der Waals surface area contributed by atoms with Gasteiger partial charge in [-0.15, -0.1) is 0 Å². The Hall–Kier alpha value is -2.98. The lowest BCUT2D eigenvalue weighted by molar-refractivity contribution is 0.176. The molecule has 0 saturated carbocycles. The van der Waals surface area contributed by atoms with Crippen LogP contribution in [0.4, 0.5) is 0 Å². The molecule has 4 rings (SSSR count). The van der Waals surface area contributed by atoms with Crippen molar-refractivity contribution in [2.45, 2.75) is 6.10 Å². The van der Waals surface area contributed by atoms with Crippen molar-refractivity contribution in [3.05, 3.63) is 132 Å². The second-order valence-electron chi connectivity index (χ2n) is 6.87. The van der Waals surface area contributed by atoms with Crippen molar-refractivity contribution in [1.29, 1.82) is 0 Å². The SMILES string of the molecule is CO[Si](OC(c1ccccc1)c1ccccc1)(c1ccccc1)c1ccccc1. The fraction of sp³-hybridized carbons (Fsp3) is 0.0769. The Morgan fingerprint density at radius 3 is 1.21 bits per heavy atom. The fourth-order valence-corrected chi connectivity index (χ4v) is 6.69. The van der Waals surface area contributed by atoms with Crippen LogP contribution in [0.5, 0.6) is 0 Å². The van der Waals surface area contributed by atoms with Gasteiger partial charge in [0.1, 0.15) is 0 Å². The van der Waals surface area contributed by atoms with Crippen molar-refractivity contribution in [3.8, 4) is 0 Å². The molecule has 29 heavy (non-hydrogen) atoms. The number of hydrogen-bond donors (Lipinski definition) is 0. The van der Waals surface area contributed by atoms with Gasteiger partial charge in [0, 0.05) is 7.11 Å². The Balaban J connectivity index is 1.88. The van der Waals surface area contributed by atoms with E-state index in [4.69, 9.17) is 8.85 Å². The molecule has 0 saturated heterocycles. The summed E-state index contributed by atoms with van der Waals surface area (Å²) >= 11 is 0. The van der Waals surface area contributed by atoms with Crippen molar-refractivity contribution in [2.75, 3.05) is 7.11 Å². The van der Waals surface area contributed by atoms with Gasteiger partial charge in [0.25, 0.3) is 0 Å². The van der Waals surface area contributed by atoms with E-state index in [1.54, 1.807) is 7.11 Å². The van der Waals surface area contributed by atoms with Gasteiger partial charge < -0.3 is 8.85 Å². The second-order valence-corrected chi connectivity index (χ2v) is 9.90. The minimum Gasteiger partial charge on any atom is -0.391 e. The Morgan fingerprint density at radius 2 is 0.862 bits per heavy atom. The van der Waals surface area contributed by atoms with Crippen LogP contribution in [0.1, 0.15) is 17.2 Å². The highest BCUT2D eigenvalue weighted by molar-refractivity contribution is 6.92. The zero-order valence-corrected chi connectivity index (χ0v) is 17.4. The van der Waals surface area contributed by atoms with Gasteiger partial charge in [-0.05, 0) is 21.5 Å². The molecule has 0 atom stereocenters. The van der Waals surface area contributed by atoms with Crippen molar-refractivity contribution >= 4 is 18.9 Å². The minimum atomic E-state index is -2.95. The third kappa shape index (κ3) is 4.08. The van der Waals surface area contributed by atoms with Crippen LogP contribution in [0.2, 0.25) is 0 Å². The summed E-state index contributed by atoms with van der Waals surface area (Å²) < 4.78 is 13.3. The first kappa shape index (κ1) is 19.3. The minimum absolute atomic E-state index is 0.232. The molecule has 0 aromatic heterocycles. The highest BCUT2D eigenvalue weighted by Gasteiger charge is 2.44. The molecule has 0 aliphatic carbocycles. The molecule has 0 heterocycles. The van der Waals surface area contributed by atoms with Crippen LogP contribution in [0.25, 0.3) is 0 Å². The summed E-state index contributed by atoms with van der Waals surface area (Å²) in [4.78, 5) is 0. The monoisotopic (exact) mass is 396 g/mol. The molecule has 0 N–H and O–H groups in total. The predicted molar refractivity (Wildman–Crippen MR) is 121 cm³/mol. The largest absolute Gasteiger partial charge is 0.407 e. The molecule has 0 aliphatic rings. The van der Waals surface area contributed by atoms with Gasteiger partial charge in [-0.25, -0.2) is 0 Å². The van der Waals surface area contributed by atoms with E-state index < -0.39 is 8.56 Å². The van der Waals surface area contributed by atoms with Crippen LogP contribution in [-0.4, -0.2) is 15.7 Å². The van der Waals surface area contributed by atoms with E-state index in [1.165, 1.54) is 0 Å². The molecular formula is C26H24O2Si. The summed E-state index contributed by atoms with van der Waals surface area (Å²) in [6.45, 7) is 0. The standard InChI is InChI=1S/C26H24O2Si/c1-27-29(24-18-10-4-11-19-24,25-20-12-5-13-21-25)28-26(22-14-6-2-7-15-22)23-16-8-3-9-17-23/h2-21,26H,1H3. The molecule has 2 nitrogen and oxygen atoms in total. The average molecular weight is 397 g/mol. The van der Waals surface area contributed by atoms with E-state index in [0.717, 1.165) is 21.5 Å². The van der Waals surface area contributed by atoms with Crippen LogP contribution < -0.4 is 10.4 Å². The summed E-state index contributed by atoms with van der Waals surface area (Å²) in [6, 6.07) is 41.4. The van der Waals surface area contributed by atoms with Gasteiger partial charge in [-0.1, -0.05) is 121 Å². The summed E-state index contributed by atoms with van der Waals surface area (Å²) in [5.41, 5.74) is 2.22. The lowest BCUT2D eigenvalue weighted by Gasteiger charge is -2.34. The van der Waals surface area contributed by atoms with Gasteiger partial charge in [0.2, 0.25) is 0 Å². The molecule has 4 aromatic rings. The topological polar surface area (TPSA) is 18.5 Å². The van der Waals surface area contributed by atoms with E-state index in [0.29, 0.717) is 0 Å². The Labute approximate surface area is 173 Å². The summed E-state index contributed by atoms with van der Waals surface area (Å²) in [6.07, 6.45) is -0.232. The highest BCUT2D eigenvalue weighted by atomic mass is 28.4. The average Bonchev–Trinajstić information content (AvgIpc) is 2.82. The van der Waals surface area contributed by atoms with Crippen molar-refractivity contribution in [1.82, 2.24) is 0 Å². The molecule has 0 unspecified atom stereocenters. The van der Waals surface area contributed by atoms with Crippen molar-refractivity contribution < 1.29 is 8.85 Å². The summed E-state index contributed by atoms with van der Waals surface area (Å²) in [5, 5.41) is 2.18. The molecule has 0 bridgehead atoms. The number of rotatable bonds is 7. The van der Waals surface area contributed by atoms with Crippen LogP contribution >= 0.6 is 0 Å². The molecule has 144 valence electrons. The van der Waals surface area contributed by atoms with E-state index in [1.807, 2.05) is 48.5 Å². The molecular weight excluding hydrogens is 372 g/mol. The maximum Gasteiger partial charge on any atom is 0.407 e. The van der Waals surface area contributed by atoms with Crippen molar-refractivity contribution in [2.24, 2.45) is 0 Å². The van der Waals surface area contributed by atoms with Crippen LogP contribution in [-0.2, 0) is 8.85 Å². The van der Waals surface area contributed by atoms with E-state index in [-0.39, 0.29) is 6.10 Å². The first-order chi connectivity index (χ1) is 14.3. The Kier molecular flexibility index (Phi) is 6.01. The maximum atomic E-state index is 7.05. The smallest absolute Gasteiger partial charge is 0.391 e. The lowest BCUT2D eigenvalue weighted by Crippen LogP contribution is -2.63. The first-order valence-corrected chi connectivity index (χ1v) is 11.6. The van der Waals surface area contributed by atoms with Gasteiger partial charge in [0.05, 0.1) is 6.10 Å². The zero-order valence-electron chi connectivity index (χ0n) is 16.4. The number of benzene rings is 4. The third-order valence-corrected chi connectivity index (χ3v) is 8.41. The molecule has 3 heteroatoms. The van der Waals surface area contributed by atoms with E-state index in [2.05, 4.69) is 72.8 Å². The fourth-order valence-electron chi connectivity index (χ4n) is 3.65. The van der Waals surface area contributed by atoms with E-state index in [9.17, 15) is 0 Å². The van der Waals surface area contributed by atoms with Crippen LogP contribution in [0, 0.1) is 0 Å². The van der Waals surface area contributed by atoms with Crippen LogP contribution in [0.15, 0.2) is 121 Å². The first-order valence-electron chi connectivity index (χ1n) is 9.77. The van der Waals surface area contributed by atoms with E-state index >= 15 is 0 Å². The predicted octanol–water partition coefficient (Wildman–Crippen LogP) is 4.70. The van der Waals surface area contributed by atoms with Gasteiger partial charge in [-0.2, -0.15) is 0 Å². The molecule has 0 spiro atoms. The zero-order chi connectivity index (χ0) is 19.9. The highest BCUT2D eigenvalue weighted by Crippen LogP contribution is 2.29. The molecule has 4 aromatic carbocycles. The molecule has 0 amide bonds. The van der Waals surface area contributed by atoms with Gasteiger partial charge >= 0.3 is 8.56 Å². The Bertz CT molecular complexity index is 927. The maximum absolute atomic E-state index is 7.05. The quantitative estimate of drug-likeness (QED) is 0.422.